The van der Waals surface area contributed by atoms with E-state index in [1.807, 2.05) is 54.6 Å². The summed E-state index contributed by atoms with van der Waals surface area (Å²) < 4.78 is 11.4. The van der Waals surface area contributed by atoms with Crippen molar-refractivity contribution in [2.24, 2.45) is 0 Å². The van der Waals surface area contributed by atoms with Gasteiger partial charge in [-0.05, 0) is 64.7 Å². The first kappa shape index (κ1) is 22.7. The van der Waals surface area contributed by atoms with Crippen molar-refractivity contribution in [3.63, 3.8) is 0 Å². The zero-order chi connectivity index (χ0) is 25.5. The summed E-state index contributed by atoms with van der Waals surface area (Å²) in [5.74, 6) is -1.11. The Hall–Kier alpha value is -4.78. The molecular weight excluding hydrogens is 468 g/mol. The maximum atomic E-state index is 13.9. The lowest BCUT2D eigenvalue weighted by atomic mass is 9.79. The van der Waals surface area contributed by atoms with Crippen molar-refractivity contribution < 1.29 is 24.2 Å². The van der Waals surface area contributed by atoms with Crippen LogP contribution in [0, 0.1) is 0 Å². The Kier molecular flexibility index (Phi) is 5.53. The summed E-state index contributed by atoms with van der Waals surface area (Å²) in [7, 11) is 0. The molecule has 0 saturated heterocycles. The van der Waals surface area contributed by atoms with Gasteiger partial charge in [0.2, 0.25) is 0 Å². The molecule has 184 valence electrons. The van der Waals surface area contributed by atoms with Crippen LogP contribution in [-0.2, 0) is 4.79 Å². The third-order valence-corrected chi connectivity index (χ3v) is 6.90. The highest BCUT2D eigenvalue weighted by Gasteiger charge is 2.45. The molecule has 0 saturated carbocycles. The van der Waals surface area contributed by atoms with Crippen LogP contribution in [0.25, 0.3) is 11.1 Å². The number of nitrogens with zero attached hydrogens (tertiary/aromatic N) is 1. The number of amides is 1. The van der Waals surface area contributed by atoms with Crippen LogP contribution in [0.4, 0.5) is 11.4 Å². The van der Waals surface area contributed by atoms with Crippen LogP contribution in [0.2, 0.25) is 0 Å². The number of carbonyl (C=O) groups is 2. The second-order valence-corrected chi connectivity index (χ2v) is 9.10. The van der Waals surface area contributed by atoms with Crippen LogP contribution in [0.5, 0.6) is 11.5 Å². The number of carboxylic acids is 1. The van der Waals surface area contributed by atoms with Crippen LogP contribution >= 0.6 is 0 Å². The second-order valence-electron chi connectivity index (χ2n) is 9.10. The smallest absolute Gasteiger partial charge is 0.313 e. The number of rotatable bonds is 4. The summed E-state index contributed by atoms with van der Waals surface area (Å²) in [4.78, 5) is 28.2. The molecule has 0 aliphatic carbocycles. The molecule has 37 heavy (non-hydrogen) atoms. The van der Waals surface area contributed by atoms with Gasteiger partial charge >= 0.3 is 5.97 Å². The summed E-state index contributed by atoms with van der Waals surface area (Å²) in [6.45, 7) is 0.855. The lowest BCUT2D eigenvalue weighted by Crippen LogP contribution is -2.45. The predicted octanol–water partition coefficient (Wildman–Crippen LogP) is 5.28. The fourth-order valence-electron chi connectivity index (χ4n) is 5.16. The summed E-state index contributed by atoms with van der Waals surface area (Å²) in [5, 5.41) is 10.4. The van der Waals surface area contributed by atoms with Gasteiger partial charge in [0.15, 0.2) is 11.5 Å². The lowest BCUT2D eigenvalue weighted by molar-refractivity contribution is -0.139. The number of benzene rings is 4. The molecule has 6 rings (SSSR count). The quantitative estimate of drug-likeness (QED) is 0.376. The Balaban J connectivity index is 1.49. The normalized spacial score (nSPS) is 18.3. The van der Waals surface area contributed by atoms with Crippen molar-refractivity contribution in [3.05, 3.63) is 108 Å². The van der Waals surface area contributed by atoms with E-state index in [2.05, 4.69) is 0 Å². The molecule has 3 N–H and O–H groups in total. The molecule has 2 heterocycles. The molecule has 2 aliphatic heterocycles. The summed E-state index contributed by atoms with van der Waals surface area (Å²) in [6, 6.07) is 26.6. The molecule has 1 amide bonds. The molecule has 2 atom stereocenters. The Morgan fingerprint density at radius 3 is 2.19 bits per heavy atom. The molecule has 7 heteroatoms. The van der Waals surface area contributed by atoms with Gasteiger partial charge in [0, 0.05) is 16.9 Å². The molecule has 4 aromatic rings. The van der Waals surface area contributed by atoms with Crippen molar-refractivity contribution in [1.82, 2.24) is 0 Å². The number of carbonyl (C=O) groups excluding carboxylic acids is 1. The molecular formula is C30H24N2O5. The number of nitrogens with two attached hydrogens (primary N) is 1. The molecule has 0 fully saturated rings. The van der Waals surface area contributed by atoms with Gasteiger partial charge in [0.05, 0.1) is 6.04 Å². The monoisotopic (exact) mass is 492 g/mol. The highest BCUT2D eigenvalue weighted by molar-refractivity contribution is 6.11. The van der Waals surface area contributed by atoms with Crippen molar-refractivity contribution in [2.75, 3.05) is 23.8 Å². The molecule has 2 aliphatic rings. The first-order chi connectivity index (χ1) is 18.0. The molecule has 0 bridgehead atoms. The SMILES string of the molecule is Nc1ccc(-c2ccc(N3C(=O)c4ccccc4C(C(=O)O)C3c3ccc4c(c3)OCCO4)cc2)cc1. The summed E-state index contributed by atoms with van der Waals surface area (Å²) in [5.41, 5.74) is 10.6. The van der Waals surface area contributed by atoms with E-state index < -0.39 is 17.9 Å². The number of nitrogen functional groups attached to an aromatic ring is 1. The number of anilines is 2. The summed E-state index contributed by atoms with van der Waals surface area (Å²) in [6.07, 6.45) is 0. The highest BCUT2D eigenvalue weighted by Crippen LogP contribution is 2.47. The van der Waals surface area contributed by atoms with Gasteiger partial charge < -0.3 is 20.3 Å². The first-order valence-electron chi connectivity index (χ1n) is 12.0. The molecule has 0 spiro atoms. The zero-order valence-corrected chi connectivity index (χ0v) is 19.8. The second kappa shape index (κ2) is 9.02. The van der Waals surface area contributed by atoms with Crippen LogP contribution < -0.4 is 20.1 Å². The van der Waals surface area contributed by atoms with Crippen LogP contribution in [0.15, 0.2) is 91.0 Å². The molecule has 0 radical (unpaired) electrons. The van der Waals surface area contributed by atoms with E-state index in [0.717, 1.165) is 11.1 Å². The van der Waals surface area contributed by atoms with E-state index in [1.54, 1.807) is 41.3 Å². The minimum absolute atomic E-state index is 0.256. The minimum atomic E-state index is -1.01. The predicted molar refractivity (Wildman–Crippen MR) is 140 cm³/mol. The lowest BCUT2D eigenvalue weighted by Gasteiger charge is -2.41. The van der Waals surface area contributed by atoms with E-state index in [9.17, 15) is 14.7 Å². The standard InChI is InChI=1S/C30H24N2O5/c31-21-10-5-18(6-11-21)19-7-12-22(13-8-19)32-28(20-9-14-25-26(17-20)37-16-15-36-25)27(30(34)35)23-3-1-2-4-24(23)29(32)33/h1-14,17,27-28H,15-16,31H2,(H,34,35). The first-order valence-corrected chi connectivity index (χ1v) is 12.0. The maximum absolute atomic E-state index is 13.9. The minimum Gasteiger partial charge on any atom is -0.486 e. The van der Waals surface area contributed by atoms with Crippen LogP contribution in [-0.4, -0.2) is 30.2 Å². The third kappa shape index (κ3) is 3.94. The van der Waals surface area contributed by atoms with E-state index in [4.69, 9.17) is 15.2 Å². The van der Waals surface area contributed by atoms with Crippen molar-refractivity contribution in [1.29, 1.82) is 0 Å². The van der Waals surface area contributed by atoms with Gasteiger partial charge in [-0.3, -0.25) is 14.5 Å². The fourth-order valence-corrected chi connectivity index (χ4v) is 5.16. The Morgan fingerprint density at radius 1 is 0.838 bits per heavy atom. The largest absolute Gasteiger partial charge is 0.486 e. The molecule has 2 unspecified atom stereocenters. The van der Waals surface area contributed by atoms with Gasteiger partial charge in [-0.15, -0.1) is 0 Å². The fraction of sp³-hybridized carbons (Fsp3) is 0.133. The van der Waals surface area contributed by atoms with Crippen molar-refractivity contribution >= 4 is 23.3 Å². The topological polar surface area (TPSA) is 102 Å². The van der Waals surface area contributed by atoms with Crippen LogP contribution in [0.3, 0.4) is 0 Å². The number of hydrogen-bond donors (Lipinski definition) is 2. The molecule has 0 aromatic heterocycles. The van der Waals surface area contributed by atoms with Crippen molar-refractivity contribution in [2.45, 2.75) is 12.0 Å². The highest BCUT2D eigenvalue weighted by atomic mass is 16.6. The zero-order valence-electron chi connectivity index (χ0n) is 19.8. The van der Waals surface area contributed by atoms with Gasteiger partial charge in [0.25, 0.3) is 5.91 Å². The average molecular weight is 493 g/mol. The Morgan fingerprint density at radius 2 is 1.49 bits per heavy atom. The Labute approximate surface area is 213 Å². The third-order valence-electron chi connectivity index (χ3n) is 6.90. The average Bonchev–Trinajstić information content (AvgIpc) is 2.93. The molecule has 4 aromatic carbocycles. The van der Waals surface area contributed by atoms with E-state index >= 15 is 0 Å². The Bertz CT molecular complexity index is 1500. The number of fused-ring (bicyclic) bond motifs is 2. The van der Waals surface area contributed by atoms with E-state index in [1.165, 1.54) is 0 Å². The van der Waals surface area contributed by atoms with Gasteiger partial charge in [-0.25, -0.2) is 0 Å². The number of aliphatic carboxylic acids is 1. The van der Waals surface area contributed by atoms with Gasteiger partial charge in [0.1, 0.15) is 19.1 Å². The summed E-state index contributed by atoms with van der Waals surface area (Å²) >= 11 is 0. The van der Waals surface area contributed by atoms with E-state index in [-0.39, 0.29) is 5.91 Å². The van der Waals surface area contributed by atoms with Crippen molar-refractivity contribution in [3.8, 4) is 22.6 Å². The van der Waals surface area contributed by atoms with E-state index in [0.29, 0.717) is 52.8 Å². The number of ether oxygens (including phenoxy) is 2. The maximum Gasteiger partial charge on any atom is 0.313 e. The number of carboxylic acid groups (broad SMARTS) is 1. The van der Waals surface area contributed by atoms with Gasteiger partial charge in [-0.1, -0.05) is 48.5 Å². The number of hydrogen-bond acceptors (Lipinski definition) is 5. The van der Waals surface area contributed by atoms with Gasteiger partial charge in [-0.2, -0.15) is 0 Å². The van der Waals surface area contributed by atoms with Crippen LogP contribution in [0.1, 0.15) is 33.4 Å². The molecule has 7 nitrogen and oxygen atoms in total.